The van der Waals surface area contributed by atoms with Crippen LogP contribution in [0.15, 0.2) is 48.5 Å². The summed E-state index contributed by atoms with van der Waals surface area (Å²) in [6.45, 7) is 2.79. The van der Waals surface area contributed by atoms with E-state index >= 15 is 0 Å². The highest BCUT2D eigenvalue weighted by molar-refractivity contribution is 6.30. The third-order valence-corrected chi connectivity index (χ3v) is 5.39. The van der Waals surface area contributed by atoms with Gasteiger partial charge in [0.1, 0.15) is 11.6 Å². The molecule has 1 saturated heterocycles. The molecule has 8 heteroatoms. The Kier molecular flexibility index (Phi) is 5.34. The van der Waals surface area contributed by atoms with Gasteiger partial charge in [-0.15, -0.1) is 5.10 Å². The molecular weight excluding hydrogens is 395 g/mol. The van der Waals surface area contributed by atoms with Crippen molar-refractivity contribution in [2.75, 3.05) is 13.2 Å². The number of rotatable bonds is 4. The maximum atomic E-state index is 13.4. The number of nitrogens with one attached hydrogen (secondary N) is 1. The standard InChI is InChI=1S/C21H20ClFN4O2/c1-14-24-19(26-27(14)18-8-4-16(22)5-9-18)20(28)25-21(10-12-29-13-11-21)15-2-6-17(23)7-3-15/h2-9H,10-13H2,1H3,(H,25,28). The number of aromatic nitrogens is 3. The lowest BCUT2D eigenvalue weighted by Crippen LogP contribution is -2.49. The Bertz CT molecular complexity index is 1010. The molecule has 1 amide bonds. The topological polar surface area (TPSA) is 69.0 Å². The minimum atomic E-state index is -0.650. The number of hydrogen-bond acceptors (Lipinski definition) is 4. The smallest absolute Gasteiger partial charge is 0.291 e. The van der Waals surface area contributed by atoms with E-state index in [0.29, 0.717) is 36.9 Å². The van der Waals surface area contributed by atoms with Gasteiger partial charge in [-0.25, -0.2) is 14.1 Å². The van der Waals surface area contributed by atoms with Crippen molar-refractivity contribution < 1.29 is 13.9 Å². The van der Waals surface area contributed by atoms with Crippen LogP contribution in [0.25, 0.3) is 5.69 Å². The SMILES string of the molecule is Cc1nc(C(=O)NC2(c3ccc(F)cc3)CCOCC2)nn1-c1ccc(Cl)cc1. The maximum absolute atomic E-state index is 13.4. The molecule has 1 aliphatic heterocycles. The summed E-state index contributed by atoms with van der Waals surface area (Å²) in [6, 6.07) is 13.3. The zero-order chi connectivity index (χ0) is 20.4. The van der Waals surface area contributed by atoms with Gasteiger partial charge in [-0.1, -0.05) is 23.7 Å². The van der Waals surface area contributed by atoms with E-state index in [0.717, 1.165) is 11.3 Å². The van der Waals surface area contributed by atoms with Gasteiger partial charge in [0.15, 0.2) is 0 Å². The van der Waals surface area contributed by atoms with Crippen molar-refractivity contribution in [1.29, 1.82) is 0 Å². The van der Waals surface area contributed by atoms with Gasteiger partial charge in [-0.05, 0) is 61.7 Å². The minimum Gasteiger partial charge on any atom is -0.381 e. The molecule has 3 aromatic rings. The Morgan fingerprint density at radius 1 is 1.14 bits per heavy atom. The van der Waals surface area contributed by atoms with E-state index in [1.54, 1.807) is 35.9 Å². The molecule has 1 aromatic heterocycles. The number of aryl methyl sites for hydroxylation is 1. The number of carbonyl (C=O) groups excluding carboxylic acids is 1. The second-order valence-electron chi connectivity index (χ2n) is 7.03. The molecule has 0 atom stereocenters. The number of halogens is 2. The van der Waals surface area contributed by atoms with Crippen molar-refractivity contribution in [3.8, 4) is 5.69 Å². The summed E-state index contributed by atoms with van der Waals surface area (Å²) in [7, 11) is 0. The average molecular weight is 415 g/mol. The van der Waals surface area contributed by atoms with Crippen molar-refractivity contribution in [3.05, 3.63) is 76.6 Å². The van der Waals surface area contributed by atoms with E-state index in [-0.39, 0.29) is 17.5 Å². The van der Waals surface area contributed by atoms with Gasteiger partial charge in [0, 0.05) is 18.2 Å². The average Bonchev–Trinajstić information content (AvgIpc) is 3.11. The van der Waals surface area contributed by atoms with Crippen LogP contribution in [0.1, 0.15) is 34.8 Å². The monoisotopic (exact) mass is 414 g/mol. The quantitative estimate of drug-likeness (QED) is 0.705. The first-order chi connectivity index (χ1) is 14.0. The minimum absolute atomic E-state index is 0.0745. The molecule has 6 nitrogen and oxygen atoms in total. The molecule has 1 aliphatic rings. The molecule has 29 heavy (non-hydrogen) atoms. The predicted octanol–water partition coefficient (Wildman–Crippen LogP) is 3.80. The highest BCUT2D eigenvalue weighted by Gasteiger charge is 2.37. The van der Waals surface area contributed by atoms with E-state index in [1.807, 2.05) is 12.1 Å². The van der Waals surface area contributed by atoms with Crippen molar-refractivity contribution in [2.45, 2.75) is 25.3 Å². The number of hydrogen-bond donors (Lipinski definition) is 1. The molecule has 2 heterocycles. The van der Waals surface area contributed by atoms with Gasteiger partial charge in [0.2, 0.25) is 5.82 Å². The van der Waals surface area contributed by atoms with E-state index < -0.39 is 5.54 Å². The fraction of sp³-hybridized carbons (Fsp3) is 0.286. The van der Waals surface area contributed by atoms with Crippen LogP contribution < -0.4 is 5.32 Å². The van der Waals surface area contributed by atoms with Gasteiger partial charge >= 0.3 is 0 Å². The Morgan fingerprint density at radius 3 is 2.45 bits per heavy atom. The van der Waals surface area contributed by atoms with Gasteiger partial charge in [0.25, 0.3) is 5.91 Å². The first-order valence-electron chi connectivity index (χ1n) is 9.33. The van der Waals surface area contributed by atoms with Crippen LogP contribution in [0, 0.1) is 12.7 Å². The third kappa shape index (κ3) is 4.02. The molecule has 0 radical (unpaired) electrons. The van der Waals surface area contributed by atoms with E-state index in [1.165, 1.54) is 12.1 Å². The second kappa shape index (κ2) is 7.93. The second-order valence-corrected chi connectivity index (χ2v) is 7.46. The third-order valence-electron chi connectivity index (χ3n) is 5.14. The van der Waals surface area contributed by atoms with Crippen molar-refractivity contribution >= 4 is 17.5 Å². The summed E-state index contributed by atoms with van der Waals surface area (Å²) in [4.78, 5) is 17.4. The number of nitrogens with zero attached hydrogens (tertiary/aromatic N) is 3. The highest BCUT2D eigenvalue weighted by Crippen LogP contribution is 2.32. The van der Waals surface area contributed by atoms with Crippen LogP contribution in [0.3, 0.4) is 0 Å². The molecule has 4 rings (SSSR count). The summed E-state index contributed by atoms with van der Waals surface area (Å²) in [5.41, 5.74) is 0.949. The van der Waals surface area contributed by atoms with Crippen LogP contribution in [-0.4, -0.2) is 33.9 Å². The zero-order valence-electron chi connectivity index (χ0n) is 15.9. The van der Waals surface area contributed by atoms with E-state index in [2.05, 4.69) is 15.4 Å². The molecule has 0 aliphatic carbocycles. The molecule has 1 N–H and O–H groups in total. The van der Waals surface area contributed by atoms with E-state index in [9.17, 15) is 9.18 Å². The first kappa shape index (κ1) is 19.5. The fourth-order valence-corrected chi connectivity index (χ4v) is 3.69. The highest BCUT2D eigenvalue weighted by atomic mass is 35.5. The lowest BCUT2D eigenvalue weighted by molar-refractivity contribution is 0.0342. The Labute approximate surface area is 172 Å². The van der Waals surface area contributed by atoms with Gasteiger partial charge in [-0.3, -0.25) is 4.79 Å². The van der Waals surface area contributed by atoms with Crippen LogP contribution in [0.5, 0.6) is 0 Å². The Morgan fingerprint density at radius 2 is 1.79 bits per heavy atom. The molecule has 0 bridgehead atoms. The first-order valence-corrected chi connectivity index (χ1v) is 9.71. The molecule has 2 aromatic carbocycles. The molecule has 0 spiro atoms. The summed E-state index contributed by atoms with van der Waals surface area (Å²) in [5.74, 6) is -0.0426. The van der Waals surface area contributed by atoms with Crippen LogP contribution in [0.4, 0.5) is 4.39 Å². The van der Waals surface area contributed by atoms with Crippen LogP contribution in [-0.2, 0) is 10.3 Å². The number of ether oxygens (including phenoxy) is 1. The lowest BCUT2D eigenvalue weighted by atomic mass is 9.82. The summed E-state index contributed by atoms with van der Waals surface area (Å²) in [6.07, 6.45) is 1.17. The van der Waals surface area contributed by atoms with Crippen molar-refractivity contribution in [1.82, 2.24) is 20.1 Å². The maximum Gasteiger partial charge on any atom is 0.291 e. The van der Waals surface area contributed by atoms with Gasteiger partial charge in [0.05, 0.1) is 11.2 Å². The number of carbonyl (C=O) groups is 1. The largest absolute Gasteiger partial charge is 0.381 e. The lowest BCUT2D eigenvalue weighted by Gasteiger charge is -2.38. The predicted molar refractivity (Wildman–Crippen MR) is 107 cm³/mol. The Hall–Kier alpha value is -2.77. The Balaban J connectivity index is 1.62. The molecule has 150 valence electrons. The summed E-state index contributed by atoms with van der Waals surface area (Å²) in [5, 5.41) is 8.07. The van der Waals surface area contributed by atoms with Crippen LogP contribution in [0.2, 0.25) is 5.02 Å². The fourth-order valence-electron chi connectivity index (χ4n) is 3.56. The zero-order valence-corrected chi connectivity index (χ0v) is 16.6. The van der Waals surface area contributed by atoms with Crippen LogP contribution >= 0.6 is 11.6 Å². The number of amides is 1. The molecule has 1 fully saturated rings. The molecular formula is C21H20ClFN4O2. The summed E-state index contributed by atoms with van der Waals surface area (Å²) >= 11 is 5.94. The van der Waals surface area contributed by atoms with Gasteiger partial charge < -0.3 is 10.1 Å². The number of benzene rings is 2. The van der Waals surface area contributed by atoms with E-state index in [4.69, 9.17) is 16.3 Å². The van der Waals surface area contributed by atoms with Gasteiger partial charge in [-0.2, -0.15) is 0 Å². The molecule has 0 unspecified atom stereocenters. The van der Waals surface area contributed by atoms with Crippen molar-refractivity contribution in [3.63, 3.8) is 0 Å². The summed E-state index contributed by atoms with van der Waals surface area (Å²) < 4.78 is 20.5. The normalized spacial score (nSPS) is 15.8. The molecule has 0 saturated carbocycles. The van der Waals surface area contributed by atoms with Crippen molar-refractivity contribution in [2.24, 2.45) is 0 Å².